The Morgan fingerprint density at radius 3 is 2.20 bits per heavy atom. The van der Waals surface area contributed by atoms with E-state index in [0.29, 0.717) is 0 Å². The highest BCUT2D eigenvalue weighted by Gasteiger charge is 1.62. The van der Waals surface area contributed by atoms with Crippen LogP contribution in [0.2, 0.25) is 0 Å². The maximum atomic E-state index is 9.76. The molecule has 0 heterocycles. The van der Waals surface area contributed by atoms with Gasteiger partial charge in [0.05, 0.1) is 0 Å². The molecule has 0 spiro atoms. The summed E-state index contributed by atoms with van der Waals surface area (Å²) in [7, 11) is 0. The average molecular weight is 136 g/mol. The summed E-state index contributed by atoms with van der Waals surface area (Å²) in [5.74, 6) is 0. The van der Waals surface area contributed by atoms with Gasteiger partial charge in [0.1, 0.15) is 6.29 Å². The first-order chi connectivity index (χ1) is 4.91. The Bertz CT molecular complexity index is 152. The molecule has 0 bridgehead atoms. The van der Waals surface area contributed by atoms with Gasteiger partial charge in [-0.05, 0) is 12.5 Å². The third kappa shape index (κ3) is 6.89. The molecule has 1 heteroatoms. The van der Waals surface area contributed by atoms with Gasteiger partial charge in [-0.15, -0.1) is 0 Å². The van der Waals surface area contributed by atoms with Crippen LogP contribution in [0, 0.1) is 0 Å². The highest BCUT2D eigenvalue weighted by Crippen LogP contribution is 1.81. The summed E-state index contributed by atoms with van der Waals surface area (Å²) in [6.07, 6.45) is 12.7. The number of carbonyl (C=O) groups is 1. The number of rotatable bonds is 4. The maximum absolute atomic E-state index is 9.76. The van der Waals surface area contributed by atoms with E-state index >= 15 is 0 Å². The van der Waals surface area contributed by atoms with Crippen molar-refractivity contribution in [3.8, 4) is 0 Å². The van der Waals surface area contributed by atoms with E-state index in [1.54, 1.807) is 6.08 Å². The topological polar surface area (TPSA) is 17.1 Å². The summed E-state index contributed by atoms with van der Waals surface area (Å²) in [6, 6.07) is 0. The number of hydrogen-bond donors (Lipinski definition) is 0. The zero-order valence-electron chi connectivity index (χ0n) is 6.16. The Balaban J connectivity index is 3.46. The molecule has 0 aromatic heterocycles. The molecule has 0 aromatic carbocycles. The highest BCUT2D eigenvalue weighted by molar-refractivity contribution is 5.65. The second kappa shape index (κ2) is 7.89. The van der Waals surface area contributed by atoms with Gasteiger partial charge in [-0.25, -0.2) is 0 Å². The Hall–Kier alpha value is -1.11. The zero-order valence-corrected chi connectivity index (χ0v) is 6.16. The zero-order chi connectivity index (χ0) is 7.66. The highest BCUT2D eigenvalue weighted by atomic mass is 16.1. The van der Waals surface area contributed by atoms with Crippen molar-refractivity contribution in [1.29, 1.82) is 0 Å². The number of carbonyl (C=O) groups excluding carboxylic acids is 1. The van der Waals surface area contributed by atoms with E-state index in [9.17, 15) is 4.79 Å². The lowest BCUT2D eigenvalue weighted by molar-refractivity contribution is -0.104. The van der Waals surface area contributed by atoms with Gasteiger partial charge in [0.25, 0.3) is 0 Å². The number of allylic oxidation sites excluding steroid dienone is 6. The van der Waals surface area contributed by atoms with Crippen LogP contribution in [0.3, 0.4) is 0 Å². The summed E-state index contributed by atoms with van der Waals surface area (Å²) >= 11 is 0. The first-order valence-electron chi connectivity index (χ1n) is 3.35. The molecule has 0 aliphatic carbocycles. The third-order valence-corrected chi connectivity index (χ3v) is 0.895. The Kier molecular flexibility index (Phi) is 7.01. The van der Waals surface area contributed by atoms with Crippen molar-refractivity contribution in [2.45, 2.75) is 13.3 Å². The average Bonchev–Trinajstić information content (AvgIpc) is 1.97. The molecule has 0 unspecified atom stereocenters. The Morgan fingerprint density at radius 2 is 1.60 bits per heavy atom. The SMILES string of the molecule is CCC=CC=C/C=C/C=O. The van der Waals surface area contributed by atoms with Gasteiger partial charge in [0, 0.05) is 0 Å². The van der Waals surface area contributed by atoms with Gasteiger partial charge < -0.3 is 0 Å². The second-order valence-electron chi connectivity index (χ2n) is 1.74. The molecule has 0 aliphatic heterocycles. The van der Waals surface area contributed by atoms with Crippen LogP contribution in [-0.2, 0) is 4.79 Å². The minimum atomic E-state index is 0.758. The van der Waals surface area contributed by atoms with E-state index in [1.165, 1.54) is 6.08 Å². The van der Waals surface area contributed by atoms with Crippen LogP contribution in [-0.4, -0.2) is 6.29 Å². The van der Waals surface area contributed by atoms with Crippen LogP contribution in [0.15, 0.2) is 36.5 Å². The van der Waals surface area contributed by atoms with Crippen LogP contribution in [0.1, 0.15) is 13.3 Å². The largest absolute Gasteiger partial charge is 0.299 e. The number of aldehydes is 1. The Morgan fingerprint density at radius 1 is 1.00 bits per heavy atom. The summed E-state index contributed by atoms with van der Waals surface area (Å²) in [4.78, 5) is 9.76. The van der Waals surface area contributed by atoms with Crippen LogP contribution >= 0.6 is 0 Å². The first kappa shape index (κ1) is 8.89. The normalized spacial score (nSPS) is 12.1. The molecule has 0 fully saturated rings. The molecule has 0 radical (unpaired) electrons. The molecule has 0 amide bonds. The smallest absolute Gasteiger partial charge is 0.142 e. The predicted molar refractivity (Wildman–Crippen MR) is 43.8 cm³/mol. The van der Waals surface area contributed by atoms with Crippen molar-refractivity contribution in [3.63, 3.8) is 0 Å². The van der Waals surface area contributed by atoms with E-state index in [-0.39, 0.29) is 0 Å². The van der Waals surface area contributed by atoms with Crippen molar-refractivity contribution in [2.75, 3.05) is 0 Å². The van der Waals surface area contributed by atoms with Crippen LogP contribution in [0.25, 0.3) is 0 Å². The minimum absolute atomic E-state index is 0.758. The molecular weight excluding hydrogens is 124 g/mol. The van der Waals surface area contributed by atoms with Crippen molar-refractivity contribution in [2.24, 2.45) is 0 Å². The molecule has 0 saturated heterocycles. The van der Waals surface area contributed by atoms with Gasteiger partial charge in [-0.2, -0.15) is 0 Å². The number of hydrogen-bond acceptors (Lipinski definition) is 1. The molecule has 0 aromatic rings. The lowest BCUT2D eigenvalue weighted by Crippen LogP contribution is -1.56. The minimum Gasteiger partial charge on any atom is -0.299 e. The summed E-state index contributed by atoms with van der Waals surface area (Å²) < 4.78 is 0. The molecular formula is C9H12O. The predicted octanol–water partition coefficient (Wildman–Crippen LogP) is 2.26. The fraction of sp³-hybridized carbons (Fsp3) is 0.222. The van der Waals surface area contributed by atoms with Crippen molar-refractivity contribution in [1.82, 2.24) is 0 Å². The van der Waals surface area contributed by atoms with Crippen LogP contribution < -0.4 is 0 Å². The van der Waals surface area contributed by atoms with E-state index in [1.807, 2.05) is 24.3 Å². The fourth-order valence-corrected chi connectivity index (χ4v) is 0.452. The lowest BCUT2D eigenvalue weighted by Gasteiger charge is -1.72. The van der Waals surface area contributed by atoms with E-state index in [2.05, 4.69) is 6.92 Å². The van der Waals surface area contributed by atoms with E-state index in [4.69, 9.17) is 0 Å². The van der Waals surface area contributed by atoms with Gasteiger partial charge >= 0.3 is 0 Å². The van der Waals surface area contributed by atoms with E-state index < -0.39 is 0 Å². The van der Waals surface area contributed by atoms with Gasteiger partial charge in [0.2, 0.25) is 0 Å². The summed E-state index contributed by atoms with van der Waals surface area (Å²) in [6.45, 7) is 2.08. The van der Waals surface area contributed by atoms with Crippen LogP contribution in [0.5, 0.6) is 0 Å². The van der Waals surface area contributed by atoms with Crippen molar-refractivity contribution in [3.05, 3.63) is 36.5 Å². The summed E-state index contributed by atoms with van der Waals surface area (Å²) in [5.41, 5.74) is 0. The van der Waals surface area contributed by atoms with Crippen LogP contribution in [0.4, 0.5) is 0 Å². The molecule has 0 atom stereocenters. The van der Waals surface area contributed by atoms with Crippen molar-refractivity contribution >= 4 is 6.29 Å². The molecule has 0 saturated carbocycles. The van der Waals surface area contributed by atoms with Gasteiger partial charge in [-0.3, -0.25) is 4.79 Å². The fourth-order valence-electron chi connectivity index (χ4n) is 0.452. The first-order valence-corrected chi connectivity index (χ1v) is 3.35. The molecule has 54 valence electrons. The quantitative estimate of drug-likeness (QED) is 0.329. The van der Waals surface area contributed by atoms with Gasteiger partial charge in [-0.1, -0.05) is 37.3 Å². The molecule has 0 aliphatic rings. The monoisotopic (exact) mass is 136 g/mol. The van der Waals surface area contributed by atoms with Gasteiger partial charge in [0.15, 0.2) is 0 Å². The van der Waals surface area contributed by atoms with Crippen molar-refractivity contribution < 1.29 is 4.79 Å². The standard InChI is InChI=1S/C9H12O/c1-2-3-4-5-6-7-8-9-10/h3-9H,2H2,1H3/b4-3?,6-5?,8-7+. The third-order valence-electron chi connectivity index (χ3n) is 0.895. The second-order valence-corrected chi connectivity index (χ2v) is 1.74. The maximum Gasteiger partial charge on any atom is 0.142 e. The molecule has 10 heavy (non-hydrogen) atoms. The molecule has 0 rings (SSSR count). The summed E-state index contributed by atoms with van der Waals surface area (Å²) in [5, 5.41) is 0. The molecule has 1 nitrogen and oxygen atoms in total. The Labute approximate surface area is 61.8 Å². The molecule has 0 N–H and O–H groups in total. The lowest BCUT2D eigenvalue weighted by atomic mass is 10.4. The van der Waals surface area contributed by atoms with E-state index in [0.717, 1.165) is 12.7 Å².